The van der Waals surface area contributed by atoms with Gasteiger partial charge in [-0.15, -0.1) is 0 Å². The number of allylic oxidation sites excluding steroid dienone is 2. The summed E-state index contributed by atoms with van der Waals surface area (Å²) in [4.78, 5) is 77.2. The second kappa shape index (κ2) is 17.1. The first kappa shape index (κ1) is 42.2. The van der Waals surface area contributed by atoms with E-state index in [-0.39, 0.29) is 29.7 Å². The number of pyridine rings is 1. The first-order valence-electron chi connectivity index (χ1n) is 23.5. The van der Waals surface area contributed by atoms with Crippen LogP contribution in [0.15, 0.2) is 83.8 Å². The molecule has 3 atom stereocenters. The van der Waals surface area contributed by atoms with Crippen LogP contribution in [-0.4, -0.2) is 132 Å². The molecule has 17 heteroatoms. The molecule has 0 aliphatic carbocycles. The lowest BCUT2D eigenvalue weighted by Crippen LogP contribution is -2.52. The summed E-state index contributed by atoms with van der Waals surface area (Å²) in [6.07, 6.45) is 10.7. The second-order valence-corrected chi connectivity index (χ2v) is 18.9. The number of benzene rings is 2. The quantitative estimate of drug-likeness (QED) is 0.159. The number of likely N-dealkylation sites (tertiary alicyclic amines) is 1. The summed E-state index contributed by atoms with van der Waals surface area (Å²) < 4.78 is 3.33. The average Bonchev–Trinajstić information content (AvgIpc) is 4.03. The Morgan fingerprint density at radius 1 is 0.803 bits per heavy atom. The predicted octanol–water partition coefficient (Wildman–Crippen LogP) is 3.90. The molecular formula is C49H56N12O5. The van der Waals surface area contributed by atoms with Crippen LogP contribution >= 0.6 is 0 Å². The summed E-state index contributed by atoms with van der Waals surface area (Å²) in [5, 5.41) is 17.3. The molecule has 3 aromatic heterocycles. The fourth-order valence-electron chi connectivity index (χ4n) is 11.0. The molecule has 17 nitrogen and oxygen atoms in total. The third kappa shape index (κ3) is 7.91. The lowest BCUT2D eigenvalue weighted by atomic mass is 9.95. The van der Waals surface area contributed by atoms with Crippen LogP contribution in [0, 0.1) is 0 Å². The summed E-state index contributed by atoms with van der Waals surface area (Å²) in [7, 11) is 0. The largest absolute Gasteiger partial charge is 0.384 e. The van der Waals surface area contributed by atoms with Gasteiger partial charge in [-0.2, -0.15) is 4.98 Å². The Morgan fingerprint density at radius 2 is 1.58 bits per heavy atom. The number of piperidine rings is 2. The molecule has 11 rings (SSSR count). The smallest absolute Gasteiger partial charge is 0.278 e. The Labute approximate surface area is 382 Å². The summed E-state index contributed by atoms with van der Waals surface area (Å²) in [6, 6.07) is 20.5. The van der Waals surface area contributed by atoms with Crippen molar-refractivity contribution in [1.29, 1.82) is 0 Å². The van der Waals surface area contributed by atoms with Crippen LogP contribution < -0.4 is 26.0 Å². The summed E-state index contributed by atoms with van der Waals surface area (Å²) >= 11 is 0. The van der Waals surface area contributed by atoms with Gasteiger partial charge in [0.15, 0.2) is 11.5 Å². The van der Waals surface area contributed by atoms with Crippen molar-refractivity contribution in [3.05, 3.63) is 106 Å². The average molecular weight is 893 g/mol. The van der Waals surface area contributed by atoms with E-state index in [1.54, 1.807) is 27.4 Å². The van der Waals surface area contributed by atoms with Crippen LogP contribution in [0.1, 0.15) is 73.5 Å². The SMILES string of the molecule is C[C@@]1(O)CC/C=C\Cn2c(=O)c3cnc(Nc4ccc(N5CCN(C6CCN(C7CCN(c8ccc9c(c8)C(=O)N(C8CCC(=O)NC8=O)C9)CC7)C6)CC5)cc4)nc3n2-c2cccc1n2. The second-order valence-electron chi connectivity index (χ2n) is 18.9. The van der Waals surface area contributed by atoms with Crippen molar-refractivity contribution in [2.75, 3.05) is 67.5 Å². The van der Waals surface area contributed by atoms with Crippen molar-refractivity contribution in [2.24, 2.45) is 0 Å². The Hall–Kier alpha value is -6.43. The molecule has 3 amide bonds. The van der Waals surface area contributed by atoms with Crippen molar-refractivity contribution in [3.8, 4) is 5.82 Å². The molecule has 0 saturated carbocycles. The van der Waals surface area contributed by atoms with Gasteiger partial charge in [0.1, 0.15) is 17.0 Å². The molecule has 0 radical (unpaired) electrons. The van der Waals surface area contributed by atoms with Crippen LogP contribution in [0.3, 0.4) is 0 Å². The lowest BCUT2D eigenvalue weighted by molar-refractivity contribution is -0.136. The number of nitrogens with one attached hydrogen (secondary N) is 2. The predicted molar refractivity (Wildman–Crippen MR) is 250 cm³/mol. The van der Waals surface area contributed by atoms with Gasteiger partial charge in [-0.05, 0) is 99.5 Å². The zero-order valence-corrected chi connectivity index (χ0v) is 37.3. The first-order valence-corrected chi connectivity index (χ1v) is 23.5. The number of hydrogen-bond donors (Lipinski definition) is 3. The maximum absolute atomic E-state index is 13.6. The maximum Gasteiger partial charge on any atom is 0.278 e. The molecule has 3 N–H and O–H groups in total. The van der Waals surface area contributed by atoms with E-state index < -0.39 is 11.6 Å². The third-order valence-electron chi connectivity index (χ3n) is 14.8. The summed E-state index contributed by atoms with van der Waals surface area (Å²) in [5.74, 6) is 0.0958. The van der Waals surface area contributed by atoms with E-state index in [1.807, 2.05) is 54.6 Å². The number of aliphatic hydroxyl groups is 1. The highest BCUT2D eigenvalue weighted by Gasteiger charge is 2.40. The number of aromatic nitrogens is 5. The zero-order chi connectivity index (χ0) is 45.1. The number of carbonyl (C=O) groups excluding carboxylic acids is 3. The fraction of sp³-hybridized carbons (Fsp3) is 0.449. The normalized spacial score (nSPS) is 24.9. The highest BCUT2D eigenvalue weighted by molar-refractivity contribution is 6.05. The van der Waals surface area contributed by atoms with E-state index in [4.69, 9.17) is 9.97 Å². The number of nitrogens with zero attached hydrogens (tertiary/aromatic N) is 10. The lowest BCUT2D eigenvalue weighted by Gasteiger charge is -2.40. The van der Waals surface area contributed by atoms with Gasteiger partial charge in [-0.1, -0.05) is 24.3 Å². The van der Waals surface area contributed by atoms with Gasteiger partial charge in [-0.25, -0.2) is 19.3 Å². The van der Waals surface area contributed by atoms with Crippen molar-refractivity contribution in [2.45, 2.75) is 88.7 Å². The topological polar surface area (TPSA) is 177 Å². The van der Waals surface area contributed by atoms with E-state index >= 15 is 0 Å². The molecule has 66 heavy (non-hydrogen) atoms. The van der Waals surface area contributed by atoms with Gasteiger partial charge in [0.05, 0.1) is 12.2 Å². The zero-order valence-electron chi connectivity index (χ0n) is 37.3. The van der Waals surface area contributed by atoms with Gasteiger partial charge >= 0.3 is 0 Å². The number of fused-ring (bicyclic) bond motifs is 7. The number of carbonyl (C=O) groups is 3. The Balaban J connectivity index is 0.675. The Morgan fingerprint density at radius 3 is 2.38 bits per heavy atom. The molecule has 2 unspecified atom stereocenters. The third-order valence-corrected chi connectivity index (χ3v) is 14.8. The highest BCUT2D eigenvalue weighted by Crippen LogP contribution is 2.34. The van der Waals surface area contributed by atoms with Gasteiger partial charge < -0.3 is 25.1 Å². The van der Waals surface area contributed by atoms with Crippen molar-refractivity contribution in [1.82, 2.24) is 44.3 Å². The standard InChI is InChI=1S/C49H56N12O5/c1-49(66)19-3-2-4-20-60-47(65)39-29-50-48(54-44(39)61(60)42-7-5-6-41(49)52-42)51-33-9-12-34(13-10-33)56-24-26-57(27-25-56)37-18-23-58(31-37)35-16-21-55(22-17-35)36-11-8-32-30-59(46(64)38(32)28-36)40-14-15-43(62)53-45(40)63/h2,4-13,28-29,35,37,40,66H,3,14-27,30-31H2,1H3,(H,50,51,54)(H,53,62,63)/b4-2-/t37?,40?,49-/m1/s1. The molecule has 5 aromatic rings. The number of amides is 3. The molecule has 6 aliphatic heterocycles. The van der Waals surface area contributed by atoms with Crippen molar-refractivity contribution >= 4 is 51.8 Å². The van der Waals surface area contributed by atoms with Crippen LogP contribution in [0.5, 0.6) is 0 Å². The number of imide groups is 1. The van der Waals surface area contributed by atoms with Crippen molar-refractivity contribution in [3.63, 3.8) is 0 Å². The fourth-order valence-corrected chi connectivity index (χ4v) is 11.0. The summed E-state index contributed by atoms with van der Waals surface area (Å²) in [5.41, 5.74) is 4.34. The Kier molecular flexibility index (Phi) is 10.9. The van der Waals surface area contributed by atoms with E-state index in [2.05, 4.69) is 53.4 Å². The Bertz CT molecular complexity index is 2790. The van der Waals surface area contributed by atoms with Crippen LogP contribution in [-0.2, 0) is 28.3 Å². The number of rotatable bonds is 7. The van der Waals surface area contributed by atoms with Crippen molar-refractivity contribution < 1.29 is 19.5 Å². The van der Waals surface area contributed by atoms with Crippen LogP contribution in [0.2, 0.25) is 0 Å². The van der Waals surface area contributed by atoms with E-state index in [0.717, 1.165) is 82.1 Å². The van der Waals surface area contributed by atoms with Crippen LogP contribution in [0.25, 0.3) is 16.9 Å². The number of anilines is 4. The molecule has 2 aromatic carbocycles. The van der Waals surface area contributed by atoms with E-state index in [1.165, 1.54) is 12.1 Å². The van der Waals surface area contributed by atoms with Gasteiger partial charge in [0.2, 0.25) is 17.8 Å². The number of piperazine rings is 1. The van der Waals surface area contributed by atoms with Crippen LogP contribution in [0.4, 0.5) is 23.0 Å². The maximum atomic E-state index is 13.6. The highest BCUT2D eigenvalue weighted by atomic mass is 16.3. The minimum atomic E-state index is -1.12. The molecule has 9 heterocycles. The van der Waals surface area contributed by atoms with Gasteiger partial charge in [-0.3, -0.25) is 34.3 Å². The molecule has 6 aliphatic rings. The van der Waals surface area contributed by atoms with Gasteiger partial charge in [0, 0.05) is 106 Å². The molecule has 2 bridgehead atoms. The molecular weight excluding hydrogens is 837 g/mol. The minimum Gasteiger partial charge on any atom is -0.384 e. The van der Waals surface area contributed by atoms with E-state index in [9.17, 15) is 24.3 Å². The molecule has 0 spiro atoms. The van der Waals surface area contributed by atoms with E-state index in [0.29, 0.717) is 78.5 Å². The molecule has 4 saturated heterocycles. The molecule has 342 valence electrons. The minimum absolute atomic E-state index is 0.123. The molecule has 4 fully saturated rings. The van der Waals surface area contributed by atoms with Gasteiger partial charge in [0.25, 0.3) is 11.5 Å². The monoisotopic (exact) mass is 892 g/mol. The number of hydrogen-bond acceptors (Lipinski definition) is 13. The summed E-state index contributed by atoms with van der Waals surface area (Å²) in [6.45, 7) is 10.6. The first-order chi connectivity index (χ1) is 32.1.